The van der Waals surface area contributed by atoms with Crippen LogP contribution in [0.5, 0.6) is 5.75 Å². The van der Waals surface area contributed by atoms with Gasteiger partial charge in [0.15, 0.2) is 6.10 Å². The van der Waals surface area contributed by atoms with Gasteiger partial charge in [-0.2, -0.15) is 0 Å². The molecule has 0 bridgehead atoms. The number of amides is 1. The molecule has 2 atom stereocenters. The van der Waals surface area contributed by atoms with Crippen LogP contribution in [0.15, 0.2) is 24.3 Å². The fraction of sp³-hybridized carbons (Fsp3) is 0.500. The average molecular weight is 261 g/mol. The van der Waals surface area contributed by atoms with Crippen molar-refractivity contribution in [1.82, 2.24) is 10.2 Å². The molecular formula is C14H19N3O2. The lowest BCUT2D eigenvalue weighted by Gasteiger charge is -2.27. The highest BCUT2D eigenvalue weighted by Gasteiger charge is 2.29. The highest BCUT2D eigenvalue weighted by molar-refractivity contribution is 5.83. The van der Waals surface area contributed by atoms with E-state index in [1.165, 1.54) is 0 Å². The summed E-state index contributed by atoms with van der Waals surface area (Å²) in [6.07, 6.45) is 0.569. The summed E-state index contributed by atoms with van der Waals surface area (Å²) in [4.78, 5) is 14.4. The van der Waals surface area contributed by atoms with E-state index in [4.69, 9.17) is 4.74 Å². The van der Waals surface area contributed by atoms with Gasteiger partial charge in [0.1, 0.15) is 5.75 Å². The van der Waals surface area contributed by atoms with E-state index in [0.717, 1.165) is 30.9 Å². The van der Waals surface area contributed by atoms with Crippen molar-refractivity contribution in [1.29, 1.82) is 0 Å². The van der Waals surface area contributed by atoms with Gasteiger partial charge < -0.3 is 20.3 Å². The average Bonchev–Trinajstić information content (AvgIpc) is 2.83. The second-order valence-electron chi connectivity index (χ2n) is 5.24. The van der Waals surface area contributed by atoms with E-state index in [0.29, 0.717) is 6.54 Å². The summed E-state index contributed by atoms with van der Waals surface area (Å²) >= 11 is 0. The molecule has 1 aromatic carbocycles. The van der Waals surface area contributed by atoms with Gasteiger partial charge in [0.25, 0.3) is 5.91 Å². The number of hydrogen-bond donors (Lipinski definition) is 2. The molecule has 102 valence electrons. The van der Waals surface area contributed by atoms with E-state index in [1.807, 2.05) is 24.3 Å². The maximum atomic E-state index is 12.2. The van der Waals surface area contributed by atoms with Gasteiger partial charge >= 0.3 is 0 Å². The Bertz CT molecular complexity index is 478. The molecule has 19 heavy (non-hydrogen) atoms. The van der Waals surface area contributed by atoms with Crippen molar-refractivity contribution in [3.63, 3.8) is 0 Å². The molecule has 0 radical (unpaired) electrons. The van der Waals surface area contributed by atoms with Gasteiger partial charge in [-0.15, -0.1) is 0 Å². The molecule has 0 aromatic heterocycles. The van der Waals surface area contributed by atoms with Crippen LogP contribution in [0.3, 0.4) is 0 Å². The van der Waals surface area contributed by atoms with Crippen LogP contribution in [-0.2, 0) is 4.79 Å². The Hall–Kier alpha value is -1.75. The number of anilines is 1. The Morgan fingerprint density at radius 2 is 2.32 bits per heavy atom. The molecule has 5 heteroatoms. The first-order chi connectivity index (χ1) is 9.22. The molecule has 1 amide bonds. The summed E-state index contributed by atoms with van der Waals surface area (Å²) in [5.41, 5.74) is 0.951. The van der Waals surface area contributed by atoms with Gasteiger partial charge in [-0.3, -0.25) is 4.79 Å². The monoisotopic (exact) mass is 261 g/mol. The first-order valence-electron chi connectivity index (χ1n) is 6.71. The van der Waals surface area contributed by atoms with E-state index in [1.54, 1.807) is 0 Å². The third kappa shape index (κ3) is 2.66. The van der Waals surface area contributed by atoms with Gasteiger partial charge in [-0.25, -0.2) is 0 Å². The third-order valence-corrected chi connectivity index (χ3v) is 3.66. The van der Waals surface area contributed by atoms with Crippen LogP contribution in [-0.4, -0.2) is 49.6 Å². The molecule has 5 nitrogen and oxygen atoms in total. The van der Waals surface area contributed by atoms with Gasteiger partial charge in [-0.1, -0.05) is 12.1 Å². The zero-order valence-electron chi connectivity index (χ0n) is 11.1. The van der Waals surface area contributed by atoms with Crippen molar-refractivity contribution in [2.45, 2.75) is 18.6 Å². The fourth-order valence-corrected chi connectivity index (χ4v) is 2.61. The molecule has 2 heterocycles. The number of para-hydroxylation sites is 2. The van der Waals surface area contributed by atoms with Crippen LogP contribution < -0.4 is 15.4 Å². The van der Waals surface area contributed by atoms with Crippen LogP contribution in [0.2, 0.25) is 0 Å². The quantitative estimate of drug-likeness (QED) is 0.822. The van der Waals surface area contributed by atoms with Crippen molar-refractivity contribution < 1.29 is 9.53 Å². The van der Waals surface area contributed by atoms with Crippen LogP contribution in [0.1, 0.15) is 6.42 Å². The first-order valence-corrected chi connectivity index (χ1v) is 6.71. The number of likely N-dealkylation sites (tertiary alicyclic amines) is 1. The molecule has 2 aliphatic rings. The predicted molar refractivity (Wildman–Crippen MR) is 73.4 cm³/mol. The second-order valence-corrected chi connectivity index (χ2v) is 5.24. The summed E-state index contributed by atoms with van der Waals surface area (Å²) in [6, 6.07) is 7.94. The van der Waals surface area contributed by atoms with Crippen LogP contribution in [0.25, 0.3) is 0 Å². The summed E-state index contributed by atoms with van der Waals surface area (Å²) in [5.74, 6) is 0.722. The molecule has 0 spiro atoms. The Morgan fingerprint density at radius 3 is 3.11 bits per heavy atom. The van der Waals surface area contributed by atoms with E-state index in [-0.39, 0.29) is 11.9 Å². The van der Waals surface area contributed by atoms with E-state index < -0.39 is 6.10 Å². The summed E-state index contributed by atoms with van der Waals surface area (Å²) in [5, 5.41) is 6.30. The van der Waals surface area contributed by atoms with Crippen molar-refractivity contribution >= 4 is 11.6 Å². The Labute approximate surface area is 112 Å². The molecule has 1 saturated heterocycles. The normalized spacial score (nSPS) is 26.2. The van der Waals surface area contributed by atoms with Crippen molar-refractivity contribution in [2.24, 2.45) is 0 Å². The molecular weight excluding hydrogens is 242 g/mol. The topological polar surface area (TPSA) is 53.6 Å². The van der Waals surface area contributed by atoms with E-state index in [9.17, 15) is 4.79 Å². The number of hydrogen-bond acceptors (Lipinski definition) is 4. The van der Waals surface area contributed by atoms with Crippen molar-refractivity contribution in [3.05, 3.63) is 24.3 Å². The van der Waals surface area contributed by atoms with Crippen molar-refractivity contribution in [3.8, 4) is 5.75 Å². The van der Waals surface area contributed by atoms with Crippen LogP contribution >= 0.6 is 0 Å². The highest BCUT2D eigenvalue weighted by Crippen LogP contribution is 2.28. The summed E-state index contributed by atoms with van der Waals surface area (Å²) in [7, 11) is 2.07. The number of carbonyl (C=O) groups is 1. The lowest BCUT2D eigenvalue weighted by molar-refractivity contribution is -0.128. The van der Waals surface area contributed by atoms with Gasteiger partial charge in [0.2, 0.25) is 0 Å². The van der Waals surface area contributed by atoms with Crippen molar-refractivity contribution in [2.75, 3.05) is 32.0 Å². The van der Waals surface area contributed by atoms with Gasteiger partial charge in [0, 0.05) is 12.6 Å². The number of benzene rings is 1. The lowest BCUT2D eigenvalue weighted by atomic mass is 10.2. The molecule has 0 aliphatic carbocycles. The minimum absolute atomic E-state index is 0.0256. The molecule has 2 N–H and O–H groups in total. The van der Waals surface area contributed by atoms with Crippen LogP contribution in [0, 0.1) is 0 Å². The minimum atomic E-state index is -0.444. The lowest BCUT2D eigenvalue weighted by Crippen LogP contribution is -2.48. The Balaban J connectivity index is 1.60. The minimum Gasteiger partial charge on any atom is -0.477 e. The molecule has 1 aromatic rings. The standard InChI is InChI=1S/C14H19N3O2/c1-17-7-6-10(9-17)16-14(18)13-8-15-11-4-2-3-5-12(11)19-13/h2-5,10,13,15H,6-9H2,1H3,(H,16,18). The Morgan fingerprint density at radius 1 is 1.47 bits per heavy atom. The maximum Gasteiger partial charge on any atom is 0.263 e. The first kappa shape index (κ1) is 12.3. The molecule has 2 aliphatic heterocycles. The van der Waals surface area contributed by atoms with E-state index in [2.05, 4.69) is 22.6 Å². The largest absolute Gasteiger partial charge is 0.477 e. The van der Waals surface area contributed by atoms with E-state index >= 15 is 0 Å². The van der Waals surface area contributed by atoms with Gasteiger partial charge in [0.05, 0.1) is 12.2 Å². The maximum absolute atomic E-state index is 12.2. The number of carbonyl (C=O) groups excluding carboxylic acids is 1. The summed E-state index contributed by atoms with van der Waals surface area (Å²) < 4.78 is 5.74. The van der Waals surface area contributed by atoms with Crippen LogP contribution in [0.4, 0.5) is 5.69 Å². The summed E-state index contributed by atoms with van der Waals surface area (Å²) in [6.45, 7) is 2.48. The predicted octanol–water partition coefficient (Wildman–Crippen LogP) is 0.680. The number of likely N-dealkylation sites (N-methyl/N-ethyl adjacent to an activating group) is 1. The molecule has 0 saturated carbocycles. The number of nitrogens with zero attached hydrogens (tertiary/aromatic N) is 1. The van der Waals surface area contributed by atoms with Gasteiger partial charge in [-0.05, 0) is 32.1 Å². The molecule has 3 rings (SSSR count). The Kier molecular flexibility index (Phi) is 3.29. The fourth-order valence-electron chi connectivity index (χ4n) is 2.61. The number of ether oxygens (including phenoxy) is 1. The number of rotatable bonds is 2. The number of fused-ring (bicyclic) bond motifs is 1. The third-order valence-electron chi connectivity index (χ3n) is 3.66. The highest BCUT2D eigenvalue weighted by atomic mass is 16.5. The zero-order valence-corrected chi connectivity index (χ0v) is 11.1. The zero-order chi connectivity index (χ0) is 13.2. The smallest absolute Gasteiger partial charge is 0.263 e. The second kappa shape index (κ2) is 5.09. The number of nitrogens with one attached hydrogen (secondary N) is 2. The SMILES string of the molecule is CN1CCC(NC(=O)C2CNc3ccccc3O2)C1. The molecule has 2 unspecified atom stereocenters. The molecule has 1 fully saturated rings.